The number of carbonyl (C=O) groups excluding carboxylic acids is 1. The SMILES string of the molecule is Cc1nc(CN2CCCN(C(=O)C#Cc3cccc4ccccc34)CC2)cs1. The number of amides is 1. The second kappa shape index (κ2) is 8.55. The fraction of sp³-hybridized carbons (Fsp3) is 0.304. The Kier molecular flexibility index (Phi) is 5.70. The van der Waals surface area contributed by atoms with Crippen LogP contribution >= 0.6 is 11.3 Å². The van der Waals surface area contributed by atoms with Crippen LogP contribution < -0.4 is 0 Å². The van der Waals surface area contributed by atoms with Crippen LogP contribution in [0.2, 0.25) is 0 Å². The van der Waals surface area contributed by atoms with Crippen molar-refractivity contribution in [3.63, 3.8) is 0 Å². The van der Waals surface area contributed by atoms with Crippen LogP contribution in [0, 0.1) is 18.8 Å². The monoisotopic (exact) mass is 389 g/mol. The summed E-state index contributed by atoms with van der Waals surface area (Å²) in [6.07, 6.45) is 0.963. The van der Waals surface area contributed by atoms with E-state index in [0.717, 1.165) is 59.6 Å². The average molecular weight is 390 g/mol. The van der Waals surface area contributed by atoms with Gasteiger partial charge in [-0.2, -0.15) is 0 Å². The van der Waals surface area contributed by atoms with Crippen molar-refractivity contribution in [2.24, 2.45) is 0 Å². The lowest BCUT2D eigenvalue weighted by atomic mass is 10.1. The molecule has 0 atom stereocenters. The molecule has 1 fully saturated rings. The smallest absolute Gasteiger partial charge is 0.298 e. The molecule has 4 rings (SSSR count). The van der Waals surface area contributed by atoms with Gasteiger partial charge in [-0.3, -0.25) is 9.69 Å². The molecule has 28 heavy (non-hydrogen) atoms. The summed E-state index contributed by atoms with van der Waals surface area (Å²) < 4.78 is 0. The fourth-order valence-electron chi connectivity index (χ4n) is 3.58. The maximum absolute atomic E-state index is 12.7. The first-order valence-corrected chi connectivity index (χ1v) is 10.5. The van der Waals surface area contributed by atoms with E-state index in [1.165, 1.54) is 0 Å². The van der Waals surface area contributed by atoms with Crippen molar-refractivity contribution in [3.05, 3.63) is 64.1 Å². The molecular weight excluding hydrogens is 366 g/mol. The molecule has 142 valence electrons. The molecule has 1 aromatic heterocycles. The van der Waals surface area contributed by atoms with Gasteiger partial charge in [-0.05, 0) is 30.2 Å². The summed E-state index contributed by atoms with van der Waals surface area (Å²) in [5.41, 5.74) is 2.03. The molecule has 1 amide bonds. The Balaban J connectivity index is 1.41. The van der Waals surface area contributed by atoms with Crippen LogP contribution in [0.25, 0.3) is 10.8 Å². The van der Waals surface area contributed by atoms with Crippen molar-refractivity contribution in [3.8, 4) is 11.8 Å². The number of fused-ring (bicyclic) bond motifs is 1. The molecule has 1 aliphatic heterocycles. The van der Waals surface area contributed by atoms with Gasteiger partial charge >= 0.3 is 0 Å². The zero-order valence-corrected chi connectivity index (χ0v) is 16.8. The van der Waals surface area contributed by atoms with Crippen molar-refractivity contribution in [1.82, 2.24) is 14.8 Å². The van der Waals surface area contributed by atoms with Crippen molar-refractivity contribution in [1.29, 1.82) is 0 Å². The third-order valence-corrected chi connectivity index (χ3v) is 5.84. The summed E-state index contributed by atoms with van der Waals surface area (Å²) in [4.78, 5) is 21.5. The Morgan fingerprint density at radius 1 is 1.11 bits per heavy atom. The molecule has 1 aliphatic rings. The van der Waals surface area contributed by atoms with Gasteiger partial charge in [0.05, 0.1) is 10.7 Å². The highest BCUT2D eigenvalue weighted by Crippen LogP contribution is 2.17. The minimum absolute atomic E-state index is 0.0840. The number of aromatic nitrogens is 1. The first kappa shape index (κ1) is 18.7. The van der Waals surface area contributed by atoms with Gasteiger partial charge in [0, 0.05) is 49.6 Å². The number of aryl methyl sites for hydroxylation is 1. The van der Waals surface area contributed by atoms with Gasteiger partial charge in [-0.1, -0.05) is 42.3 Å². The van der Waals surface area contributed by atoms with E-state index < -0.39 is 0 Å². The van der Waals surface area contributed by atoms with Gasteiger partial charge < -0.3 is 4.90 Å². The third kappa shape index (κ3) is 4.41. The zero-order chi connectivity index (χ0) is 19.3. The Hall–Kier alpha value is -2.68. The Bertz CT molecular complexity index is 1040. The highest BCUT2D eigenvalue weighted by atomic mass is 32.1. The lowest BCUT2D eigenvalue weighted by molar-refractivity contribution is -0.125. The molecule has 0 N–H and O–H groups in total. The van der Waals surface area contributed by atoms with Gasteiger partial charge in [0.15, 0.2) is 0 Å². The van der Waals surface area contributed by atoms with Crippen molar-refractivity contribution >= 4 is 28.0 Å². The van der Waals surface area contributed by atoms with E-state index in [0.29, 0.717) is 6.54 Å². The summed E-state index contributed by atoms with van der Waals surface area (Å²) in [7, 11) is 0. The van der Waals surface area contributed by atoms with E-state index in [1.807, 2.05) is 42.2 Å². The summed E-state index contributed by atoms with van der Waals surface area (Å²) in [5, 5.41) is 5.46. The normalized spacial score (nSPS) is 15.1. The number of carbonyl (C=O) groups is 1. The first-order chi connectivity index (χ1) is 13.7. The topological polar surface area (TPSA) is 36.4 Å². The third-order valence-electron chi connectivity index (χ3n) is 5.02. The van der Waals surface area contributed by atoms with Crippen LogP contribution in [0.1, 0.15) is 22.7 Å². The molecule has 0 saturated carbocycles. The standard InChI is InChI=1S/C23H23N3OS/c1-18-24-21(17-28-18)16-25-12-5-13-26(15-14-25)23(27)11-10-20-8-4-7-19-6-2-3-9-22(19)20/h2-4,6-9,17H,5,12-16H2,1H3. The van der Waals surface area contributed by atoms with Gasteiger partial charge in [-0.15, -0.1) is 11.3 Å². The molecule has 0 bridgehead atoms. The van der Waals surface area contributed by atoms with Gasteiger partial charge in [0.2, 0.25) is 0 Å². The number of benzene rings is 2. The Morgan fingerprint density at radius 2 is 1.96 bits per heavy atom. The Morgan fingerprint density at radius 3 is 2.82 bits per heavy atom. The van der Waals surface area contributed by atoms with Gasteiger partial charge in [0.1, 0.15) is 0 Å². The molecule has 2 heterocycles. The summed E-state index contributed by atoms with van der Waals surface area (Å²) in [5.74, 6) is 5.88. The predicted molar refractivity (Wildman–Crippen MR) is 114 cm³/mol. The molecule has 3 aromatic rings. The number of hydrogen-bond acceptors (Lipinski definition) is 4. The minimum Gasteiger partial charge on any atom is -0.331 e. The zero-order valence-electron chi connectivity index (χ0n) is 16.0. The van der Waals surface area contributed by atoms with Gasteiger partial charge in [-0.25, -0.2) is 4.98 Å². The molecule has 0 unspecified atom stereocenters. The van der Waals surface area contributed by atoms with E-state index in [2.05, 4.69) is 39.2 Å². The lowest BCUT2D eigenvalue weighted by Gasteiger charge is -2.19. The molecule has 5 heteroatoms. The molecule has 2 aromatic carbocycles. The lowest BCUT2D eigenvalue weighted by Crippen LogP contribution is -2.34. The second-order valence-corrected chi connectivity index (χ2v) is 8.12. The summed E-state index contributed by atoms with van der Waals surface area (Å²) >= 11 is 1.69. The van der Waals surface area contributed by atoms with E-state index in [-0.39, 0.29) is 5.91 Å². The molecular formula is C23H23N3OS. The first-order valence-electron chi connectivity index (χ1n) is 9.61. The number of hydrogen-bond donors (Lipinski definition) is 0. The van der Waals surface area contributed by atoms with Gasteiger partial charge in [0.25, 0.3) is 5.91 Å². The van der Waals surface area contributed by atoms with Crippen LogP contribution in [0.4, 0.5) is 0 Å². The van der Waals surface area contributed by atoms with Crippen LogP contribution in [0.15, 0.2) is 47.8 Å². The number of thiazole rings is 1. The van der Waals surface area contributed by atoms with Crippen LogP contribution in [-0.4, -0.2) is 46.9 Å². The summed E-state index contributed by atoms with van der Waals surface area (Å²) in [6.45, 7) is 6.21. The maximum Gasteiger partial charge on any atom is 0.298 e. The quantitative estimate of drug-likeness (QED) is 0.627. The number of nitrogens with zero attached hydrogens (tertiary/aromatic N) is 3. The maximum atomic E-state index is 12.7. The van der Waals surface area contributed by atoms with Crippen LogP contribution in [0.5, 0.6) is 0 Å². The van der Waals surface area contributed by atoms with Crippen LogP contribution in [0.3, 0.4) is 0 Å². The number of rotatable bonds is 2. The summed E-state index contributed by atoms with van der Waals surface area (Å²) in [6, 6.07) is 14.2. The molecule has 0 aliphatic carbocycles. The minimum atomic E-state index is -0.0840. The van der Waals surface area contributed by atoms with Crippen molar-refractivity contribution in [2.75, 3.05) is 26.2 Å². The van der Waals surface area contributed by atoms with Crippen molar-refractivity contribution in [2.45, 2.75) is 19.9 Å². The molecule has 0 radical (unpaired) electrons. The fourth-order valence-corrected chi connectivity index (χ4v) is 4.18. The average Bonchev–Trinajstić information content (AvgIpc) is 2.98. The van der Waals surface area contributed by atoms with E-state index in [1.54, 1.807) is 11.3 Å². The molecule has 0 spiro atoms. The molecule has 4 nitrogen and oxygen atoms in total. The second-order valence-electron chi connectivity index (χ2n) is 7.06. The van der Waals surface area contributed by atoms with E-state index in [4.69, 9.17) is 0 Å². The van der Waals surface area contributed by atoms with E-state index in [9.17, 15) is 4.79 Å². The van der Waals surface area contributed by atoms with Crippen LogP contribution in [-0.2, 0) is 11.3 Å². The highest BCUT2D eigenvalue weighted by molar-refractivity contribution is 7.09. The van der Waals surface area contributed by atoms with E-state index >= 15 is 0 Å². The van der Waals surface area contributed by atoms with Crippen molar-refractivity contribution < 1.29 is 4.79 Å². The largest absolute Gasteiger partial charge is 0.331 e. The molecule has 1 saturated heterocycles. The highest BCUT2D eigenvalue weighted by Gasteiger charge is 2.18. The Labute approximate surface area is 169 Å². The predicted octanol–water partition coefficient (Wildman–Crippen LogP) is 3.69.